The number of hydrogen-bond donors (Lipinski definition) is 0. The zero-order valence-electron chi connectivity index (χ0n) is 9.76. The van der Waals surface area contributed by atoms with Crippen LogP contribution in [0.25, 0.3) is 0 Å². The van der Waals surface area contributed by atoms with Gasteiger partial charge in [-0.05, 0) is 49.7 Å². The van der Waals surface area contributed by atoms with Crippen molar-refractivity contribution in [3.63, 3.8) is 0 Å². The summed E-state index contributed by atoms with van der Waals surface area (Å²) in [4.78, 5) is 10.2. The first kappa shape index (κ1) is 10.6. The van der Waals surface area contributed by atoms with Crippen LogP contribution >= 0.6 is 0 Å². The van der Waals surface area contributed by atoms with Gasteiger partial charge in [0.25, 0.3) is 5.69 Å². The summed E-state index contributed by atoms with van der Waals surface area (Å²) in [6, 6.07) is 4.81. The number of ether oxygens (including phenoxy) is 1. The van der Waals surface area contributed by atoms with Crippen LogP contribution in [-0.4, -0.2) is 11.0 Å². The third-order valence-corrected chi connectivity index (χ3v) is 3.86. The Kier molecular flexibility index (Phi) is 2.31. The van der Waals surface area contributed by atoms with Gasteiger partial charge in [-0.25, -0.2) is 0 Å². The van der Waals surface area contributed by atoms with E-state index in [1.165, 1.54) is 12.5 Å². The summed E-state index contributed by atoms with van der Waals surface area (Å²) in [5.74, 6) is 2.57. The molecule has 0 saturated heterocycles. The Hall–Kier alpha value is -1.58. The third-order valence-electron chi connectivity index (χ3n) is 3.86. The predicted molar refractivity (Wildman–Crippen MR) is 63.1 cm³/mol. The van der Waals surface area contributed by atoms with Crippen LogP contribution in [0.2, 0.25) is 0 Å². The molecule has 0 amide bonds. The van der Waals surface area contributed by atoms with Crippen molar-refractivity contribution in [1.82, 2.24) is 0 Å². The van der Waals surface area contributed by atoms with Crippen LogP contribution in [0.15, 0.2) is 18.2 Å². The summed E-state index contributed by atoms with van der Waals surface area (Å²) >= 11 is 0. The van der Waals surface area contributed by atoms with Gasteiger partial charge in [-0.1, -0.05) is 0 Å². The fraction of sp³-hybridized carbons (Fsp3) is 0.538. The minimum atomic E-state index is -0.373. The zero-order chi connectivity index (χ0) is 12.0. The fourth-order valence-corrected chi connectivity index (χ4v) is 2.81. The fourth-order valence-electron chi connectivity index (χ4n) is 2.81. The van der Waals surface area contributed by atoms with Crippen molar-refractivity contribution in [2.24, 2.45) is 11.8 Å². The van der Waals surface area contributed by atoms with Gasteiger partial charge in [-0.3, -0.25) is 10.1 Å². The number of fused-ring (bicyclic) bond motifs is 1. The lowest BCUT2D eigenvalue weighted by atomic mass is 10.1. The number of hydrogen-bond acceptors (Lipinski definition) is 3. The standard InChI is InChI=1S/C13H15NO3/c1-8-4-11(14(15)16)2-3-13(8)17-12-6-9-5-10(9)7-12/h2-4,9-10,12H,5-7H2,1H3/t9-,10?,12?/m0/s1. The van der Waals surface area contributed by atoms with E-state index in [0.29, 0.717) is 6.10 Å². The van der Waals surface area contributed by atoms with E-state index in [2.05, 4.69) is 0 Å². The summed E-state index contributed by atoms with van der Waals surface area (Å²) < 4.78 is 5.92. The van der Waals surface area contributed by atoms with Gasteiger partial charge in [0.1, 0.15) is 5.75 Å². The Morgan fingerprint density at radius 1 is 1.29 bits per heavy atom. The molecule has 2 fully saturated rings. The number of benzene rings is 1. The Morgan fingerprint density at radius 3 is 2.59 bits per heavy atom. The number of nitro groups is 1. The van der Waals surface area contributed by atoms with Crippen molar-refractivity contribution in [1.29, 1.82) is 0 Å². The van der Waals surface area contributed by atoms with Gasteiger partial charge in [0.2, 0.25) is 0 Å². The molecule has 0 aliphatic heterocycles. The van der Waals surface area contributed by atoms with Gasteiger partial charge >= 0.3 is 0 Å². The SMILES string of the molecule is Cc1cc([N+](=O)[O-])ccc1OC1CC2C[C@H]2C1. The maximum absolute atomic E-state index is 10.6. The summed E-state index contributed by atoms with van der Waals surface area (Å²) in [6.45, 7) is 1.86. The molecule has 3 atom stereocenters. The Labute approximate surface area is 99.7 Å². The summed E-state index contributed by atoms with van der Waals surface area (Å²) in [5.41, 5.74) is 0.976. The van der Waals surface area contributed by atoms with Crippen LogP contribution in [0, 0.1) is 28.9 Å². The molecule has 0 spiro atoms. The van der Waals surface area contributed by atoms with E-state index in [4.69, 9.17) is 4.74 Å². The minimum absolute atomic E-state index is 0.129. The molecule has 3 rings (SSSR count). The number of nitro benzene ring substituents is 1. The number of aryl methyl sites for hydroxylation is 1. The molecular weight excluding hydrogens is 218 g/mol. The lowest BCUT2D eigenvalue weighted by Gasteiger charge is -2.16. The normalized spacial score (nSPS) is 29.8. The van der Waals surface area contributed by atoms with Crippen molar-refractivity contribution in [2.75, 3.05) is 0 Å². The van der Waals surface area contributed by atoms with Crippen LogP contribution in [0.4, 0.5) is 5.69 Å². The number of rotatable bonds is 3. The monoisotopic (exact) mass is 233 g/mol. The van der Waals surface area contributed by atoms with Crippen molar-refractivity contribution in [3.8, 4) is 5.75 Å². The second-order valence-corrected chi connectivity index (χ2v) is 5.17. The van der Waals surface area contributed by atoms with Gasteiger partial charge in [-0.15, -0.1) is 0 Å². The molecule has 1 aromatic carbocycles. The van der Waals surface area contributed by atoms with Crippen LogP contribution < -0.4 is 4.74 Å². The Morgan fingerprint density at radius 2 is 2.00 bits per heavy atom. The Balaban J connectivity index is 1.72. The van der Waals surface area contributed by atoms with E-state index < -0.39 is 0 Å². The maximum atomic E-state index is 10.6. The van der Waals surface area contributed by atoms with Gasteiger partial charge in [0.15, 0.2) is 0 Å². The lowest BCUT2D eigenvalue weighted by Crippen LogP contribution is -2.14. The molecule has 0 heterocycles. The van der Waals surface area contributed by atoms with E-state index in [9.17, 15) is 10.1 Å². The van der Waals surface area contributed by atoms with Gasteiger partial charge < -0.3 is 4.74 Å². The molecule has 0 radical (unpaired) electrons. The first-order chi connectivity index (χ1) is 8.13. The van der Waals surface area contributed by atoms with Crippen LogP contribution in [0.3, 0.4) is 0 Å². The molecular formula is C13H15NO3. The molecule has 2 unspecified atom stereocenters. The molecule has 0 bridgehead atoms. The molecule has 0 aromatic heterocycles. The topological polar surface area (TPSA) is 52.4 Å². The smallest absolute Gasteiger partial charge is 0.269 e. The molecule has 2 aliphatic carbocycles. The highest BCUT2D eigenvalue weighted by atomic mass is 16.6. The van der Waals surface area contributed by atoms with Crippen molar-refractivity contribution >= 4 is 5.69 Å². The first-order valence-corrected chi connectivity index (χ1v) is 6.05. The summed E-state index contributed by atoms with van der Waals surface area (Å²) in [5, 5.41) is 10.6. The second kappa shape index (κ2) is 3.72. The van der Waals surface area contributed by atoms with Crippen molar-refractivity contribution < 1.29 is 9.66 Å². The van der Waals surface area contributed by atoms with Gasteiger partial charge in [-0.2, -0.15) is 0 Å². The van der Waals surface area contributed by atoms with E-state index in [0.717, 1.165) is 36.0 Å². The second-order valence-electron chi connectivity index (χ2n) is 5.17. The van der Waals surface area contributed by atoms with Crippen LogP contribution in [0.5, 0.6) is 5.75 Å². The van der Waals surface area contributed by atoms with Gasteiger partial charge in [0, 0.05) is 12.1 Å². The third kappa shape index (κ3) is 1.99. The van der Waals surface area contributed by atoms with E-state index in [-0.39, 0.29) is 10.6 Å². The predicted octanol–water partition coefficient (Wildman–Crippen LogP) is 3.08. The highest BCUT2D eigenvalue weighted by Gasteiger charge is 2.46. The van der Waals surface area contributed by atoms with Gasteiger partial charge in [0.05, 0.1) is 11.0 Å². The van der Waals surface area contributed by atoms with E-state index >= 15 is 0 Å². The van der Waals surface area contributed by atoms with Crippen molar-refractivity contribution in [3.05, 3.63) is 33.9 Å². The quantitative estimate of drug-likeness (QED) is 0.595. The van der Waals surface area contributed by atoms with Crippen molar-refractivity contribution in [2.45, 2.75) is 32.3 Å². The molecule has 2 saturated carbocycles. The number of non-ortho nitro benzene ring substituents is 1. The first-order valence-electron chi connectivity index (χ1n) is 6.05. The molecule has 2 aliphatic rings. The molecule has 90 valence electrons. The summed E-state index contributed by atoms with van der Waals surface area (Å²) in [6.07, 6.45) is 4.00. The van der Waals surface area contributed by atoms with E-state index in [1.54, 1.807) is 12.1 Å². The molecule has 4 heteroatoms. The lowest BCUT2D eigenvalue weighted by molar-refractivity contribution is -0.384. The molecule has 4 nitrogen and oxygen atoms in total. The molecule has 17 heavy (non-hydrogen) atoms. The zero-order valence-corrected chi connectivity index (χ0v) is 9.76. The summed E-state index contributed by atoms with van der Waals surface area (Å²) in [7, 11) is 0. The average molecular weight is 233 g/mol. The largest absolute Gasteiger partial charge is 0.490 e. The maximum Gasteiger partial charge on any atom is 0.269 e. The molecule has 1 aromatic rings. The minimum Gasteiger partial charge on any atom is -0.490 e. The molecule has 0 N–H and O–H groups in total. The highest BCUT2D eigenvalue weighted by molar-refractivity contribution is 5.43. The average Bonchev–Trinajstić information content (AvgIpc) is 2.89. The van der Waals surface area contributed by atoms with Crippen LogP contribution in [0.1, 0.15) is 24.8 Å². The van der Waals surface area contributed by atoms with Crippen LogP contribution in [-0.2, 0) is 0 Å². The highest BCUT2D eigenvalue weighted by Crippen LogP contribution is 2.52. The van der Waals surface area contributed by atoms with E-state index in [1.807, 2.05) is 6.92 Å². The number of nitrogens with zero attached hydrogens (tertiary/aromatic N) is 1. The Bertz CT molecular complexity index is 462.